The molecule has 1 atom stereocenters. The van der Waals surface area contributed by atoms with Gasteiger partial charge in [-0.3, -0.25) is 14.6 Å². The summed E-state index contributed by atoms with van der Waals surface area (Å²) < 4.78 is 20.4. The van der Waals surface area contributed by atoms with Gasteiger partial charge in [0.15, 0.2) is 0 Å². The van der Waals surface area contributed by atoms with E-state index in [-0.39, 0.29) is 24.1 Å². The van der Waals surface area contributed by atoms with Crippen molar-refractivity contribution in [3.05, 3.63) is 82.4 Å². The molecule has 0 bridgehead atoms. The number of fused-ring (bicyclic) bond motifs is 2. The van der Waals surface area contributed by atoms with Crippen LogP contribution in [0.3, 0.4) is 0 Å². The average molecular weight is 489 g/mol. The molecule has 3 aromatic rings. The molecule has 0 radical (unpaired) electrons. The van der Waals surface area contributed by atoms with Gasteiger partial charge in [0.05, 0.1) is 13.5 Å². The van der Waals surface area contributed by atoms with E-state index in [4.69, 9.17) is 4.74 Å². The number of halogens is 1. The summed E-state index contributed by atoms with van der Waals surface area (Å²) in [6.45, 7) is 0.773. The number of nitrogens with zero attached hydrogens (tertiary/aromatic N) is 2. The first-order valence-corrected chi connectivity index (χ1v) is 12.3. The summed E-state index contributed by atoms with van der Waals surface area (Å²) in [4.78, 5) is 30.8. The SMILES string of the molecule is COc1ccc(CC(=O)O)cc1-c1ccc(F)c2c1CN(C(=O)CC1CCCc3ccncc31)CC2. The fraction of sp³-hybridized carbons (Fsp3) is 0.345. The van der Waals surface area contributed by atoms with E-state index < -0.39 is 5.97 Å². The topological polar surface area (TPSA) is 79.7 Å². The first-order chi connectivity index (χ1) is 17.4. The van der Waals surface area contributed by atoms with Crippen LogP contribution in [0.5, 0.6) is 5.75 Å². The average Bonchev–Trinajstić information content (AvgIpc) is 2.88. The predicted octanol–water partition coefficient (Wildman–Crippen LogP) is 4.92. The molecule has 5 rings (SSSR count). The van der Waals surface area contributed by atoms with Crippen LogP contribution >= 0.6 is 0 Å². The number of amides is 1. The van der Waals surface area contributed by atoms with Crippen molar-refractivity contribution >= 4 is 11.9 Å². The second-order valence-corrected chi connectivity index (χ2v) is 9.59. The Labute approximate surface area is 209 Å². The lowest BCUT2D eigenvalue weighted by molar-refractivity contribution is -0.136. The molecular formula is C29H29FN2O4. The van der Waals surface area contributed by atoms with Gasteiger partial charge in [0.1, 0.15) is 11.6 Å². The van der Waals surface area contributed by atoms with Crippen molar-refractivity contribution in [3.8, 4) is 16.9 Å². The number of aromatic nitrogens is 1. The predicted molar refractivity (Wildman–Crippen MR) is 133 cm³/mol. The number of hydrogen-bond donors (Lipinski definition) is 1. The van der Waals surface area contributed by atoms with Gasteiger partial charge in [-0.05, 0) is 89.2 Å². The number of carbonyl (C=O) groups is 2. The van der Waals surface area contributed by atoms with Crippen LogP contribution in [0, 0.1) is 5.82 Å². The van der Waals surface area contributed by atoms with Crippen LogP contribution in [0.15, 0.2) is 48.8 Å². The number of aryl methyl sites for hydroxylation is 1. The lowest BCUT2D eigenvalue weighted by atomic mass is 9.81. The van der Waals surface area contributed by atoms with Crippen LogP contribution in [0.25, 0.3) is 11.1 Å². The van der Waals surface area contributed by atoms with Crippen molar-refractivity contribution in [2.24, 2.45) is 0 Å². The summed E-state index contributed by atoms with van der Waals surface area (Å²) in [7, 11) is 1.55. The minimum absolute atomic E-state index is 0.0594. The van der Waals surface area contributed by atoms with Crippen molar-refractivity contribution < 1.29 is 23.8 Å². The van der Waals surface area contributed by atoms with Crippen LogP contribution in [0.4, 0.5) is 4.39 Å². The van der Waals surface area contributed by atoms with Crippen molar-refractivity contribution in [3.63, 3.8) is 0 Å². The highest BCUT2D eigenvalue weighted by molar-refractivity contribution is 5.80. The molecule has 0 fully saturated rings. The Bertz CT molecular complexity index is 1320. The minimum Gasteiger partial charge on any atom is -0.496 e. The van der Waals surface area contributed by atoms with Gasteiger partial charge >= 0.3 is 5.97 Å². The highest BCUT2D eigenvalue weighted by Crippen LogP contribution is 2.39. The van der Waals surface area contributed by atoms with E-state index in [1.807, 2.05) is 17.2 Å². The summed E-state index contributed by atoms with van der Waals surface area (Å²) in [6.07, 6.45) is 7.45. The van der Waals surface area contributed by atoms with E-state index >= 15 is 0 Å². The zero-order valence-electron chi connectivity index (χ0n) is 20.3. The van der Waals surface area contributed by atoms with Crippen LogP contribution < -0.4 is 4.74 Å². The smallest absolute Gasteiger partial charge is 0.307 e. The minimum atomic E-state index is -0.927. The van der Waals surface area contributed by atoms with E-state index in [2.05, 4.69) is 4.98 Å². The van der Waals surface area contributed by atoms with Crippen molar-refractivity contribution in [1.29, 1.82) is 0 Å². The second kappa shape index (κ2) is 10.1. The first kappa shape index (κ1) is 24.0. The Morgan fingerprint density at radius 2 is 2.00 bits per heavy atom. The number of ether oxygens (including phenoxy) is 1. The number of benzene rings is 2. The van der Waals surface area contributed by atoms with Gasteiger partial charge in [0.2, 0.25) is 5.91 Å². The zero-order valence-corrected chi connectivity index (χ0v) is 20.3. The molecule has 2 aromatic carbocycles. The van der Waals surface area contributed by atoms with Gasteiger partial charge in [-0.15, -0.1) is 0 Å². The van der Waals surface area contributed by atoms with Gasteiger partial charge in [-0.2, -0.15) is 0 Å². The molecular weight excluding hydrogens is 459 g/mol. The lowest BCUT2D eigenvalue weighted by Crippen LogP contribution is -2.37. The van der Waals surface area contributed by atoms with Crippen LogP contribution in [-0.2, 0) is 35.4 Å². The number of carboxylic acid groups (broad SMARTS) is 1. The fourth-order valence-electron chi connectivity index (χ4n) is 5.62. The number of carbonyl (C=O) groups excluding carboxylic acids is 1. The molecule has 36 heavy (non-hydrogen) atoms. The van der Waals surface area contributed by atoms with Gasteiger partial charge in [0, 0.05) is 37.5 Å². The summed E-state index contributed by atoms with van der Waals surface area (Å²) in [5.41, 5.74) is 5.90. The van der Waals surface area contributed by atoms with Gasteiger partial charge in [0.25, 0.3) is 0 Å². The second-order valence-electron chi connectivity index (χ2n) is 9.59. The van der Waals surface area contributed by atoms with Crippen molar-refractivity contribution in [2.75, 3.05) is 13.7 Å². The molecule has 2 aliphatic rings. The number of aliphatic carboxylic acids is 1. The molecule has 0 saturated heterocycles. The Kier molecular flexibility index (Phi) is 6.72. The van der Waals surface area contributed by atoms with E-state index in [1.54, 1.807) is 37.6 Å². The van der Waals surface area contributed by atoms with E-state index in [0.717, 1.165) is 30.4 Å². The zero-order chi connectivity index (χ0) is 25.2. The van der Waals surface area contributed by atoms with Gasteiger partial charge < -0.3 is 14.7 Å². The molecule has 1 amide bonds. The molecule has 7 heteroatoms. The van der Waals surface area contributed by atoms with Crippen molar-refractivity contribution in [2.45, 2.75) is 51.0 Å². The van der Waals surface area contributed by atoms with E-state index in [0.29, 0.717) is 48.4 Å². The molecule has 186 valence electrons. The number of pyridine rings is 1. The highest BCUT2D eigenvalue weighted by atomic mass is 19.1. The van der Waals surface area contributed by atoms with E-state index in [1.165, 1.54) is 17.2 Å². The maximum Gasteiger partial charge on any atom is 0.307 e. The monoisotopic (exact) mass is 488 g/mol. The van der Waals surface area contributed by atoms with Gasteiger partial charge in [-0.25, -0.2) is 4.39 Å². The maximum atomic E-state index is 14.8. The summed E-state index contributed by atoms with van der Waals surface area (Å²) in [6, 6.07) is 10.4. The molecule has 1 aromatic heterocycles. The quantitative estimate of drug-likeness (QED) is 0.533. The Hall–Kier alpha value is -3.74. The molecule has 0 saturated carbocycles. The largest absolute Gasteiger partial charge is 0.496 e. The third-order valence-corrected chi connectivity index (χ3v) is 7.42. The molecule has 1 aliphatic carbocycles. The Morgan fingerprint density at radius 1 is 1.14 bits per heavy atom. The first-order valence-electron chi connectivity index (χ1n) is 12.3. The number of hydrogen-bond acceptors (Lipinski definition) is 4. The number of rotatable bonds is 6. The van der Waals surface area contributed by atoms with E-state index in [9.17, 15) is 19.1 Å². The molecule has 1 aliphatic heterocycles. The highest BCUT2D eigenvalue weighted by Gasteiger charge is 2.29. The van der Waals surface area contributed by atoms with Gasteiger partial charge in [-0.1, -0.05) is 12.1 Å². The third kappa shape index (κ3) is 4.70. The summed E-state index contributed by atoms with van der Waals surface area (Å²) in [5, 5.41) is 9.25. The summed E-state index contributed by atoms with van der Waals surface area (Å²) in [5.74, 6) is -0.426. The number of methoxy groups -OCH3 is 1. The van der Waals surface area contributed by atoms with Crippen molar-refractivity contribution in [1.82, 2.24) is 9.88 Å². The molecule has 2 heterocycles. The molecule has 1 unspecified atom stereocenters. The third-order valence-electron chi connectivity index (χ3n) is 7.42. The molecule has 1 N–H and O–H groups in total. The molecule has 0 spiro atoms. The van der Waals surface area contributed by atoms with Crippen LogP contribution in [0.2, 0.25) is 0 Å². The summed E-state index contributed by atoms with van der Waals surface area (Å²) >= 11 is 0. The normalized spacial score (nSPS) is 16.7. The molecule has 6 nitrogen and oxygen atoms in total. The lowest BCUT2D eigenvalue weighted by Gasteiger charge is -2.33. The standard InChI is InChI=1S/C29H29FN2O4/c1-36-27-8-5-18(14-29(34)35)13-23(27)21-6-7-26(30)22-10-12-32(17-25(21)22)28(33)15-20-4-2-3-19-9-11-31-16-24(19)20/h5-9,11,13,16,20H,2-4,10,12,14-15,17H2,1H3,(H,34,35). The Morgan fingerprint density at radius 3 is 2.81 bits per heavy atom. The Balaban J connectivity index is 1.45. The number of carboxylic acids is 1. The van der Waals surface area contributed by atoms with Crippen LogP contribution in [-0.4, -0.2) is 40.5 Å². The van der Waals surface area contributed by atoms with Crippen LogP contribution in [0.1, 0.15) is 53.0 Å². The maximum absolute atomic E-state index is 14.8. The fourth-order valence-corrected chi connectivity index (χ4v) is 5.62.